The van der Waals surface area contributed by atoms with Crippen molar-refractivity contribution in [3.63, 3.8) is 0 Å². The van der Waals surface area contributed by atoms with Gasteiger partial charge in [-0.2, -0.15) is 0 Å². The maximum atomic E-state index is 12.2. The highest BCUT2D eigenvalue weighted by Crippen LogP contribution is 2.16. The maximum Gasteiger partial charge on any atom is 0.318 e. The Labute approximate surface area is 153 Å². The standard InChI is InChI=1S/C20H23N3O3/c1-3-14-7-9-15(10-8-14)18(24)11-12-19(25)22-16-5-4-6-17(13-16)23-20(26)21-2/h4-10,13H,3,11-12H2,1-2H3,(H,22,25)(H2,21,23,26). The van der Waals surface area contributed by atoms with E-state index in [1.54, 1.807) is 36.4 Å². The second kappa shape index (κ2) is 9.36. The Balaban J connectivity index is 1.87. The molecule has 0 saturated carbocycles. The first-order valence-electron chi connectivity index (χ1n) is 8.52. The van der Waals surface area contributed by atoms with Crippen LogP contribution in [0.3, 0.4) is 0 Å². The minimum Gasteiger partial charge on any atom is -0.341 e. The summed E-state index contributed by atoms with van der Waals surface area (Å²) in [5, 5.41) is 7.82. The largest absolute Gasteiger partial charge is 0.341 e. The average Bonchev–Trinajstić information content (AvgIpc) is 2.66. The first-order valence-corrected chi connectivity index (χ1v) is 8.52. The number of benzene rings is 2. The topological polar surface area (TPSA) is 87.3 Å². The Hall–Kier alpha value is -3.15. The van der Waals surface area contributed by atoms with Crippen molar-refractivity contribution in [3.8, 4) is 0 Å². The lowest BCUT2D eigenvalue weighted by atomic mass is 10.0. The molecule has 0 aliphatic rings. The fraction of sp³-hybridized carbons (Fsp3) is 0.250. The van der Waals surface area contributed by atoms with E-state index in [2.05, 4.69) is 22.9 Å². The number of Topliss-reactive ketones (excluding diaryl/α,β-unsaturated/α-hetero) is 1. The molecule has 0 heterocycles. The lowest BCUT2D eigenvalue weighted by Crippen LogP contribution is -2.24. The number of ketones is 1. The number of nitrogens with one attached hydrogen (secondary N) is 3. The van der Waals surface area contributed by atoms with Crippen molar-refractivity contribution in [2.45, 2.75) is 26.2 Å². The zero-order valence-electron chi connectivity index (χ0n) is 15.0. The highest BCUT2D eigenvalue weighted by atomic mass is 16.2. The van der Waals surface area contributed by atoms with Gasteiger partial charge in [-0.3, -0.25) is 9.59 Å². The van der Waals surface area contributed by atoms with E-state index in [1.165, 1.54) is 12.6 Å². The molecule has 0 atom stereocenters. The molecule has 2 aromatic rings. The molecule has 0 spiro atoms. The minimum atomic E-state index is -0.340. The summed E-state index contributed by atoms with van der Waals surface area (Å²) >= 11 is 0. The van der Waals surface area contributed by atoms with Crippen molar-refractivity contribution < 1.29 is 14.4 Å². The summed E-state index contributed by atoms with van der Waals surface area (Å²) in [7, 11) is 1.52. The van der Waals surface area contributed by atoms with Gasteiger partial charge in [-0.25, -0.2) is 4.79 Å². The van der Waals surface area contributed by atoms with E-state index in [4.69, 9.17) is 0 Å². The Morgan fingerprint density at radius 2 is 1.54 bits per heavy atom. The molecule has 3 amide bonds. The second-order valence-electron chi connectivity index (χ2n) is 5.81. The van der Waals surface area contributed by atoms with Crippen LogP contribution in [0.1, 0.15) is 35.7 Å². The summed E-state index contributed by atoms with van der Waals surface area (Å²) in [6.07, 6.45) is 1.17. The van der Waals surface area contributed by atoms with Crippen LogP contribution in [0, 0.1) is 0 Å². The van der Waals surface area contributed by atoms with Gasteiger partial charge in [0.15, 0.2) is 5.78 Å². The van der Waals surface area contributed by atoms with Crippen molar-refractivity contribution >= 4 is 29.1 Å². The number of amides is 3. The van der Waals surface area contributed by atoms with E-state index >= 15 is 0 Å². The number of carbonyl (C=O) groups excluding carboxylic acids is 3. The van der Waals surface area contributed by atoms with Crippen LogP contribution in [0.5, 0.6) is 0 Å². The molecular formula is C20H23N3O3. The van der Waals surface area contributed by atoms with E-state index in [9.17, 15) is 14.4 Å². The molecule has 2 aromatic carbocycles. The van der Waals surface area contributed by atoms with Crippen molar-refractivity contribution in [1.82, 2.24) is 5.32 Å². The lowest BCUT2D eigenvalue weighted by molar-refractivity contribution is -0.116. The van der Waals surface area contributed by atoms with Gasteiger partial charge in [-0.15, -0.1) is 0 Å². The van der Waals surface area contributed by atoms with Gasteiger partial charge >= 0.3 is 6.03 Å². The highest BCUT2D eigenvalue weighted by Gasteiger charge is 2.10. The summed E-state index contributed by atoms with van der Waals surface area (Å²) in [6, 6.07) is 13.9. The molecule has 26 heavy (non-hydrogen) atoms. The zero-order valence-corrected chi connectivity index (χ0v) is 15.0. The number of hydrogen-bond donors (Lipinski definition) is 3. The van der Waals surface area contributed by atoms with Crippen molar-refractivity contribution in [2.75, 3.05) is 17.7 Å². The molecule has 0 aromatic heterocycles. The molecule has 0 radical (unpaired) electrons. The van der Waals surface area contributed by atoms with Gasteiger partial charge in [0, 0.05) is 36.8 Å². The molecule has 0 fully saturated rings. The highest BCUT2D eigenvalue weighted by molar-refractivity contribution is 6.00. The van der Waals surface area contributed by atoms with Crippen LogP contribution in [0.25, 0.3) is 0 Å². The number of carbonyl (C=O) groups is 3. The molecule has 2 rings (SSSR count). The van der Waals surface area contributed by atoms with Crippen LogP contribution in [-0.2, 0) is 11.2 Å². The van der Waals surface area contributed by atoms with Gasteiger partial charge in [0.2, 0.25) is 5.91 Å². The smallest absolute Gasteiger partial charge is 0.318 e. The molecule has 0 aliphatic heterocycles. The van der Waals surface area contributed by atoms with E-state index in [-0.39, 0.29) is 30.6 Å². The first kappa shape index (κ1) is 19.2. The van der Waals surface area contributed by atoms with Crippen LogP contribution in [0.2, 0.25) is 0 Å². The lowest BCUT2D eigenvalue weighted by Gasteiger charge is -2.08. The predicted octanol–water partition coefficient (Wildman–Crippen LogP) is 3.60. The predicted molar refractivity (Wildman–Crippen MR) is 103 cm³/mol. The molecule has 0 aliphatic carbocycles. The van der Waals surface area contributed by atoms with Crippen LogP contribution < -0.4 is 16.0 Å². The number of rotatable bonds is 7. The third kappa shape index (κ3) is 5.73. The maximum absolute atomic E-state index is 12.2. The number of hydrogen-bond acceptors (Lipinski definition) is 3. The summed E-state index contributed by atoms with van der Waals surface area (Å²) in [5.41, 5.74) is 2.91. The number of aryl methyl sites for hydroxylation is 1. The summed E-state index contributed by atoms with van der Waals surface area (Å²) in [4.78, 5) is 35.6. The van der Waals surface area contributed by atoms with Crippen LogP contribution in [0.15, 0.2) is 48.5 Å². The van der Waals surface area contributed by atoms with Gasteiger partial charge in [0.25, 0.3) is 0 Å². The molecule has 3 N–H and O–H groups in total. The SMILES string of the molecule is CCc1ccc(C(=O)CCC(=O)Nc2cccc(NC(=O)NC)c2)cc1. The van der Waals surface area contributed by atoms with E-state index in [0.29, 0.717) is 16.9 Å². The van der Waals surface area contributed by atoms with E-state index in [0.717, 1.165) is 6.42 Å². The Morgan fingerprint density at radius 3 is 2.15 bits per heavy atom. The molecule has 0 bridgehead atoms. The number of urea groups is 1. The molecule has 6 heteroatoms. The zero-order chi connectivity index (χ0) is 18.9. The summed E-state index contributed by atoms with van der Waals surface area (Å²) < 4.78 is 0. The van der Waals surface area contributed by atoms with Crippen LogP contribution in [-0.4, -0.2) is 24.8 Å². The van der Waals surface area contributed by atoms with Gasteiger partial charge in [-0.05, 0) is 30.2 Å². The van der Waals surface area contributed by atoms with E-state index in [1.807, 2.05) is 12.1 Å². The summed E-state index contributed by atoms with van der Waals surface area (Å²) in [5.74, 6) is -0.307. The first-order chi connectivity index (χ1) is 12.5. The van der Waals surface area contributed by atoms with Crippen molar-refractivity contribution in [2.24, 2.45) is 0 Å². The molecule has 0 unspecified atom stereocenters. The fourth-order valence-electron chi connectivity index (χ4n) is 2.39. The third-order valence-corrected chi connectivity index (χ3v) is 3.89. The Bertz CT molecular complexity index is 785. The molecule has 6 nitrogen and oxygen atoms in total. The summed E-state index contributed by atoms with van der Waals surface area (Å²) in [6.45, 7) is 2.06. The van der Waals surface area contributed by atoms with Crippen LogP contribution in [0.4, 0.5) is 16.2 Å². The van der Waals surface area contributed by atoms with Crippen molar-refractivity contribution in [3.05, 3.63) is 59.7 Å². The normalized spacial score (nSPS) is 10.1. The second-order valence-corrected chi connectivity index (χ2v) is 5.81. The molecule has 136 valence electrons. The van der Waals surface area contributed by atoms with Crippen LogP contribution >= 0.6 is 0 Å². The van der Waals surface area contributed by atoms with Gasteiger partial charge in [0.1, 0.15) is 0 Å². The minimum absolute atomic E-state index is 0.0576. The Morgan fingerprint density at radius 1 is 0.885 bits per heavy atom. The molecular weight excluding hydrogens is 330 g/mol. The van der Waals surface area contributed by atoms with Crippen molar-refractivity contribution in [1.29, 1.82) is 0 Å². The van der Waals surface area contributed by atoms with Gasteiger partial charge < -0.3 is 16.0 Å². The third-order valence-electron chi connectivity index (χ3n) is 3.89. The quantitative estimate of drug-likeness (QED) is 0.665. The number of anilines is 2. The fourth-order valence-corrected chi connectivity index (χ4v) is 2.39. The van der Waals surface area contributed by atoms with Gasteiger partial charge in [-0.1, -0.05) is 37.3 Å². The average molecular weight is 353 g/mol. The van der Waals surface area contributed by atoms with E-state index < -0.39 is 0 Å². The van der Waals surface area contributed by atoms with Gasteiger partial charge in [0.05, 0.1) is 0 Å². The Kier molecular flexibility index (Phi) is 6.91. The monoisotopic (exact) mass is 353 g/mol. The molecule has 0 saturated heterocycles.